The molecule has 0 aromatic heterocycles. The van der Waals surface area contributed by atoms with Gasteiger partial charge in [-0.25, -0.2) is 0 Å². The molecule has 0 N–H and O–H groups in total. The molecule has 1 aliphatic carbocycles. The molecule has 1 radical (unpaired) electrons. The summed E-state index contributed by atoms with van der Waals surface area (Å²) in [4.78, 5) is 0. The molecule has 0 unspecified atom stereocenters. The Morgan fingerprint density at radius 2 is 1.50 bits per heavy atom. The highest BCUT2D eigenvalue weighted by atomic mass is 13.9. The molecule has 0 aliphatic heterocycles. The Hall–Kier alpha value is -1.04. The minimum absolute atomic E-state index is 1.12. The lowest BCUT2D eigenvalue weighted by Crippen LogP contribution is -1.74. The van der Waals surface area contributed by atoms with Gasteiger partial charge in [0, 0.05) is 0 Å². The minimum atomic E-state index is 1.12. The molecular weight excluding hydrogens is 168 g/mol. The van der Waals surface area contributed by atoms with Crippen LogP contribution in [-0.4, -0.2) is 0 Å². The third kappa shape index (κ3) is 6.47. The molecule has 0 atom stereocenters. The van der Waals surface area contributed by atoms with Gasteiger partial charge in [-0.15, -0.1) is 0 Å². The van der Waals surface area contributed by atoms with Gasteiger partial charge < -0.3 is 0 Å². The molecule has 0 heteroatoms. The fourth-order valence-electron chi connectivity index (χ4n) is 1.35. The Kier molecular flexibility index (Phi) is 6.74. The lowest BCUT2D eigenvalue weighted by atomic mass is 10.1. The summed E-state index contributed by atoms with van der Waals surface area (Å²) < 4.78 is 0. The summed E-state index contributed by atoms with van der Waals surface area (Å²) >= 11 is 0. The maximum Gasteiger partial charge on any atom is -0.0279 e. The van der Waals surface area contributed by atoms with Crippen molar-refractivity contribution in [2.24, 2.45) is 0 Å². The Balaban J connectivity index is 2.35. The summed E-state index contributed by atoms with van der Waals surface area (Å²) in [6.07, 6.45) is 25.5. The average molecular weight is 187 g/mol. The first-order chi connectivity index (χ1) is 7.00. The minimum Gasteiger partial charge on any atom is -0.0845 e. The summed E-state index contributed by atoms with van der Waals surface area (Å²) in [6, 6.07) is 0. The second kappa shape index (κ2) is 8.55. The van der Waals surface area contributed by atoms with E-state index in [1.54, 1.807) is 0 Å². The van der Waals surface area contributed by atoms with Crippen molar-refractivity contribution >= 4 is 0 Å². The average Bonchev–Trinajstić information content (AvgIpc) is 2.22. The number of hydrogen-bond donors (Lipinski definition) is 0. The van der Waals surface area contributed by atoms with Crippen molar-refractivity contribution in [2.45, 2.75) is 38.5 Å². The summed E-state index contributed by atoms with van der Waals surface area (Å²) in [6.45, 7) is 0. The summed E-state index contributed by atoms with van der Waals surface area (Å²) in [5.74, 6) is 0. The zero-order valence-electron chi connectivity index (χ0n) is 8.78. The maximum absolute atomic E-state index is 3.34. The van der Waals surface area contributed by atoms with Crippen LogP contribution in [0.5, 0.6) is 0 Å². The van der Waals surface area contributed by atoms with E-state index < -0.39 is 0 Å². The molecule has 0 bridgehead atoms. The first-order valence-corrected chi connectivity index (χ1v) is 5.53. The van der Waals surface area contributed by atoms with E-state index in [9.17, 15) is 0 Å². The van der Waals surface area contributed by atoms with Crippen LogP contribution >= 0.6 is 0 Å². The van der Waals surface area contributed by atoms with Crippen molar-refractivity contribution in [3.05, 3.63) is 48.6 Å². The smallest absolute Gasteiger partial charge is 0.0279 e. The Morgan fingerprint density at radius 3 is 2.36 bits per heavy atom. The van der Waals surface area contributed by atoms with E-state index in [-0.39, 0.29) is 0 Å². The monoisotopic (exact) mass is 187 g/mol. The lowest BCUT2D eigenvalue weighted by molar-refractivity contribution is 0.751. The van der Waals surface area contributed by atoms with Gasteiger partial charge in [-0.05, 0) is 44.6 Å². The van der Waals surface area contributed by atoms with Gasteiger partial charge in [0.2, 0.25) is 0 Å². The van der Waals surface area contributed by atoms with Crippen LogP contribution in [0.25, 0.3) is 0 Å². The Bertz CT molecular complexity index is 228. The third-order valence-corrected chi connectivity index (χ3v) is 2.17. The first kappa shape index (κ1) is 11.0. The lowest BCUT2D eigenvalue weighted by Gasteiger charge is -1.93. The van der Waals surface area contributed by atoms with Crippen LogP contribution in [0.4, 0.5) is 0 Å². The van der Waals surface area contributed by atoms with Crippen LogP contribution in [0.15, 0.2) is 42.5 Å². The van der Waals surface area contributed by atoms with E-state index in [4.69, 9.17) is 0 Å². The summed E-state index contributed by atoms with van der Waals surface area (Å²) in [5, 5.41) is 0. The van der Waals surface area contributed by atoms with Gasteiger partial charge in [0.1, 0.15) is 0 Å². The quantitative estimate of drug-likeness (QED) is 0.528. The molecule has 0 saturated carbocycles. The highest BCUT2D eigenvalue weighted by Crippen LogP contribution is 2.03. The van der Waals surface area contributed by atoms with Crippen LogP contribution in [0, 0.1) is 6.08 Å². The molecule has 75 valence electrons. The van der Waals surface area contributed by atoms with E-state index in [2.05, 4.69) is 48.6 Å². The van der Waals surface area contributed by atoms with Gasteiger partial charge in [0.05, 0.1) is 0 Å². The van der Waals surface area contributed by atoms with Crippen molar-refractivity contribution in [3.8, 4) is 0 Å². The molecule has 0 heterocycles. The van der Waals surface area contributed by atoms with Crippen molar-refractivity contribution in [2.75, 3.05) is 0 Å². The third-order valence-electron chi connectivity index (χ3n) is 2.17. The maximum atomic E-state index is 3.34. The van der Waals surface area contributed by atoms with Gasteiger partial charge in [-0.1, -0.05) is 42.5 Å². The van der Waals surface area contributed by atoms with Crippen LogP contribution in [0.2, 0.25) is 0 Å². The van der Waals surface area contributed by atoms with Gasteiger partial charge in [0.25, 0.3) is 0 Å². The number of hydrogen-bond acceptors (Lipinski definition) is 0. The Morgan fingerprint density at radius 1 is 0.714 bits per heavy atom. The van der Waals surface area contributed by atoms with Crippen molar-refractivity contribution in [1.82, 2.24) is 0 Å². The molecule has 0 aromatic rings. The summed E-state index contributed by atoms with van der Waals surface area (Å²) in [7, 11) is 0. The zero-order valence-corrected chi connectivity index (χ0v) is 8.78. The van der Waals surface area contributed by atoms with E-state index in [1.807, 2.05) is 0 Å². The zero-order chi connectivity index (χ0) is 9.90. The fourth-order valence-corrected chi connectivity index (χ4v) is 1.35. The molecule has 0 saturated heterocycles. The van der Waals surface area contributed by atoms with E-state index in [1.165, 1.54) is 19.3 Å². The standard InChI is InChI=1S/C14H19/c1-2-4-6-8-10-12-14-13-11-9-7-5-3-1/h1-6,11H,7-10,12,14H2/b2-1-,5-3+,6-4+,13-11?. The normalized spacial score (nSPS) is 28.6. The van der Waals surface area contributed by atoms with E-state index in [0.29, 0.717) is 0 Å². The van der Waals surface area contributed by atoms with Crippen LogP contribution in [0.1, 0.15) is 38.5 Å². The molecule has 0 aromatic carbocycles. The molecule has 0 fully saturated rings. The predicted molar refractivity (Wildman–Crippen MR) is 62.9 cm³/mol. The number of allylic oxidation sites excluding steroid dienone is 8. The molecular formula is C14H19. The molecule has 14 heavy (non-hydrogen) atoms. The SMILES string of the molecule is [C]1=C/CC/C=C/C=C\C=C\CCCC/1. The fraction of sp³-hybridized carbons (Fsp3) is 0.429. The Labute approximate surface area is 87.7 Å². The second-order valence-corrected chi connectivity index (χ2v) is 3.47. The van der Waals surface area contributed by atoms with E-state index >= 15 is 0 Å². The van der Waals surface area contributed by atoms with Gasteiger partial charge in [0.15, 0.2) is 0 Å². The highest BCUT2D eigenvalue weighted by Gasteiger charge is 1.84. The van der Waals surface area contributed by atoms with Crippen molar-refractivity contribution in [1.29, 1.82) is 0 Å². The number of rotatable bonds is 0. The van der Waals surface area contributed by atoms with Crippen LogP contribution in [0.3, 0.4) is 0 Å². The van der Waals surface area contributed by atoms with Crippen LogP contribution < -0.4 is 0 Å². The molecule has 1 aliphatic rings. The van der Waals surface area contributed by atoms with Gasteiger partial charge in [-0.2, -0.15) is 0 Å². The van der Waals surface area contributed by atoms with Gasteiger partial charge in [-0.3, -0.25) is 0 Å². The largest absolute Gasteiger partial charge is 0.0845 e. The van der Waals surface area contributed by atoms with Crippen molar-refractivity contribution in [3.63, 3.8) is 0 Å². The molecule has 0 spiro atoms. The second-order valence-electron chi connectivity index (χ2n) is 3.47. The molecule has 0 nitrogen and oxygen atoms in total. The predicted octanol–water partition coefficient (Wildman–Crippen LogP) is 4.37. The van der Waals surface area contributed by atoms with Gasteiger partial charge >= 0.3 is 0 Å². The first-order valence-electron chi connectivity index (χ1n) is 5.53. The molecule has 0 amide bonds. The molecule has 1 rings (SSSR count). The highest BCUT2D eigenvalue weighted by molar-refractivity contribution is 5.11. The van der Waals surface area contributed by atoms with Crippen molar-refractivity contribution < 1.29 is 0 Å². The topological polar surface area (TPSA) is 0 Å². The van der Waals surface area contributed by atoms with E-state index in [0.717, 1.165) is 19.3 Å². The van der Waals surface area contributed by atoms with Crippen LogP contribution in [-0.2, 0) is 0 Å². The summed E-state index contributed by atoms with van der Waals surface area (Å²) in [5.41, 5.74) is 0.